The van der Waals surface area contributed by atoms with Crippen LogP contribution in [0.15, 0.2) is 46.9 Å². The average Bonchev–Trinajstić information content (AvgIpc) is 2.39. The van der Waals surface area contributed by atoms with Gasteiger partial charge in [0.05, 0.1) is 4.51 Å². The van der Waals surface area contributed by atoms with Gasteiger partial charge in [-0.1, -0.05) is 46.3 Å². The van der Waals surface area contributed by atoms with E-state index in [0.29, 0.717) is 0 Å². The molecular weight excluding hydrogens is 296 g/mol. The standard InChI is InChI=1S/C14H9BrOS/c15-8-9-5-6-13-11(7-9)14(17)10-3-1-2-4-12(10)16-13/h1-7H,8H2. The number of hydrogen-bond donors (Lipinski definition) is 0. The van der Waals surface area contributed by atoms with Gasteiger partial charge in [0, 0.05) is 16.1 Å². The molecule has 1 nitrogen and oxygen atoms in total. The van der Waals surface area contributed by atoms with Crippen LogP contribution in [0.1, 0.15) is 5.56 Å². The topological polar surface area (TPSA) is 13.1 Å². The Balaban J connectivity index is 2.51. The van der Waals surface area contributed by atoms with E-state index in [0.717, 1.165) is 31.8 Å². The summed E-state index contributed by atoms with van der Waals surface area (Å²) >= 11 is 8.98. The Hall–Kier alpha value is -1.19. The van der Waals surface area contributed by atoms with Gasteiger partial charge in [0.1, 0.15) is 11.2 Å². The highest BCUT2D eigenvalue weighted by Gasteiger charge is 2.04. The van der Waals surface area contributed by atoms with Gasteiger partial charge in [-0.05, 0) is 29.8 Å². The Labute approximate surface area is 112 Å². The molecule has 0 aliphatic rings. The smallest absolute Gasteiger partial charge is 0.136 e. The highest BCUT2D eigenvalue weighted by Crippen LogP contribution is 2.26. The number of halogens is 1. The summed E-state index contributed by atoms with van der Waals surface area (Å²) in [7, 11) is 0. The molecule has 3 heteroatoms. The lowest BCUT2D eigenvalue weighted by molar-refractivity contribution is 0.660. The molecule has 3 rings (SSSR count). The second kappa shape index (κ2) is 4.24. The van der Waals surface area contributed by atoms with Crippen LogP contribution in [0.5, 0.6) is 0 Å². The van der Waals surface area contributed by atoms with E-state index in [9.17, 15) is 0 Å². The molecule has 0 atom stereocenters. The minimum Gasteiger partial charge on any atom is -0.456 e. The quantitative estimate of drug-likeness (QED) is 0.348. The lowest BCUT2D eigenvalue weighted by atomic mass is 10.1. The van der Waals surface area contributed by atoms with Crippen LogP contribution in [0, 0.1) is 4.51 Å². The van der Waals surface area contributed by atoms with E-state index in [1.807, 2.05) is 36.4 Å². The van der Waals surface area contributed by atoms with Crippen LogP contribution in [0.25, 0.3) is 21.9 Å². The molecule has 84 valence electrons. The van der Waals surface area contributed by atoms with Crippen LogP contribution >= 0.6 is 28.1 Å². The van der Waals surface area contributed by atoms with Crippen LogP contribution in [-0.4, -0.2) is 0 Å². The van der Waals surface area contributed by atoms with E-state index >= 15 is 0 Å². The summed E-state index contributed by atoms with van der Waals surface area (Å²) in [6.07, 6.45) is 0. The van der Waals surface area contributed by atoms with Gasteiger partial charge in [-0.2, -0.15) is 0 Å². The Morgan fingerprint density at radius 1 is 1.00 bits per heavy atom. The fourth-order valence-corrected chi connectivity index (χ4v) is 2.61. The van der Waals surface area contributed by atoms with Crippen molar-refractivity contribution < 1.29 is 4.42 Å². The van der Waals surface area contributed by atoms with Gasteiger partial charge < -0.3 is 4.42 Å². The van der Waals surface area contributed by atoms with Gasteiger partial charge in [-0.3, -0.25) is 0 Å². The van der Waals surface area contributed by atoms with Gasteiger partial charge in [0.15, 0.2) is 0 Å². The predicted molar refractivity (Wildman–Crippen MR) is 77.2 cm³/mol. The van der Waals surface area contributed by atoms with E-state index in [-0.39, 0.29) is 0 Å². The van der Waals surface area contributed by atoms with Crippen LogP contribution in [0.4, 0.5) is 0 Å². The van der Waals surface area contributed by atoms with Crippen molar-refractivity contribution >= 4 is 50.1 Å². The molecule has 2 aromatic carbocycles. The summed E-state index contributed by atoms with van der Waals surface area (Å²) in [4.78, 5) is 0. The largest absolute Gasteiger partial charge is 0.456 e. The first-order chi connectivity index (χ1) is 8.29. The minimum atomic E-state index is 0.824. The van der Waals surface area contributed by atoms with Crippen molar-refractivity contribution in [2.75, 3.05) is 0 Å². The van der Waals surface area contributed by atoms with Gasteiger partial charge in [0.25, 0.3) is 0 Å². The third kappa shape index (κ3) is 1.79. The maximum atomic E-state index is 5.84. The van der Waals surface area contributed by atoms with E-state index in [1.165, 1.54) is 5.56 Å². The molecule has 0 saturated carbocycles. The molecule has 0 N–H and O–H groups in total. The second-order valence-corrected chi connectivity index (χ2v) is 4.86. The van der Waals surface area contributed by atoms with Crippen LogP contribution in [-0.2, 0) is 5.33 Å². The number of alkyl halides is 1. The monoisotopic (exact) mass is 304 g/mol. The molecule has 0 unspecified atom stereocenters. The fraction of sp³-hybridized carbons (Fsp3) is 0.0714. The number of fused-ring (bicyclic) bond motifs is 2. The van der Waals surface area contributed by atoms with Crippen molar-refractivity contribution in [2.24, 2.45) is 0 Å². The molecule has 1 heterocycles. The first kappa shape index (κ1) is 10.9. The zero-order valence-corrected chi connectivity index (χ0v) is 11.3. The zero-order valence-electron chi connectivity index (χ0n) is 8.94. The Kier molecular flexibility index (Phi) is 2.73. The van der Waals surface area contributed by atoms with E-state index in [2.05, 4.69) is 22.0 Å². The van der Waals surface area contributed by atoms with Gasteiger partial charge in [-0.25, -0.2) is 0 Å². The lowest BCUT2D eigenvalue weighted by Gasteiger charge is -2.03. The summed E-state index contributed by atoms with van der Waals surface area (Å²) < 4.78 is 6.71. The minimum absolute atomic E-state index is 0.824. The molecule has 0 radical (unpaired) electrons. The Morgan fingerprint density at radius 3 is 2.59 bits per heavy atom. The molecule has 3 aromatic rings. The molecule has 0 bridgehead atoms. The Bertz CT molecular complexity index is 761. The molecule has 0 aliphatic carbocycles. The van der Waals surface area contributed by atoms with Crippen LogP contribution < -0.4 is 0 Å². The maximum Gasteiger partial charge on any atom is 0.136 e. The van der Waals surface area contributed by atoms with E-state index < -0.39 is 0 Å². The van der Waals surface area contributed by atoms with E-state index in [4.69, 9.17) is 16.6 Å². The van der Waals surface area contributed by atoms with Crippen LogP contribution in [0.2, 0.25) is 0 Å². The van der Waals surface area contributed by atoms with E-state index in [1.54, 1.807) is 0 Å². The van der Waals surface area contributed by atoms with Crippen LogP contribution in [0.3, 0.4) is 0 Å². The summed E-state index contributed by atoms with van der Waals surface area (Å²) in [5.74, 6) is 0. The highest BCUT2D eigenvalue weighted by molar-refractivity contribution is 9.08. The molecular formula is C14H9BrOS. The van der Waals surface area contributed by atoms with Gasteiger partial charge >= 0.3 is 0 Å². The van der Waals surface area contributed by atoms with Crippen molar-refractivity contribution in [3.8, 4) is 0 Å². The molecule has 0 spiro atoms. The second-order valence-electron chi connectivity index (χ2n) is 3.89. The van der Waals surface area contributed by atoms with Crippen molar-refractivity contribution in [3.63, 3.8) is 0 Å². The molecule has 0 saturated heterocycles. The third-order valence-corrected chi connectivity index (χ3v) is 3.88. The molecule has 1 aromatic heterocycles. The van der Waals surface area contributed by atoms with Crippen molar-refractivity contribution in [1.29, 1.82) is 0 Å². The Morgan fingerprint density at radius 2 is 1.76 bits per heavy atom. The summed E-state index contributed by atoms with van der Waals surface area (Å²) in [6, 6.07) is 14.0. The molecule has 0 aliphatic heterocycles. The zero-order chi connectivity index (χ0) is 11.8. The average molecular weight is 305 g/mol. The fourth-order valence-electron chi connectivity index (χ4n) is 1.93. The summed E-state index contributed by atoms with van der Waals surface area (Å²) in [5, 5.41) is 2.84. The maximum absolute atomic E-state index is 5.84. The summed E-state index contributed by atoms with van der Waals surface area (Å²) in [6.45, 7) is 0. The number of para-hydroxylation sites is 1. The highest BCUT2D eigenvalue weighted by atomic mass is 79.9. The summed E-state index contributed by atoms with van der Waals surface area (Å²) in [5.41, 5.74) is 2.89. The first-order valence-corrected chi connectivity index (χ1v) is 6.83. The third-order valence-electron chi connectivity index (χ3n) is 2.79. The molecule has 0 fully saturated rings. The predicted octanol–water partition coefficient (Wildman–Crippen LogP) is 5.21. The SMILES string of the molecule is S=c1c2ccccc2oc2ccc(CBr)cc12. The number of hydrogen-bond acceptors (Lipinski definition) is 2. The van der Waals surface area contributed by atoms with Crippen molar-refractivity contribution in [3.05, 3.63) is 52.5 Å². The van der Waals surface area contributed by atoms with Crippen molar-refractivity contribution in [2.45, 2.75) is 5.33 Å². The molecule has 0 amide bonds. The lowest BCUT2D eigenvalue weighted by Crippen LogP contribution is -1.82. The molecule has 17 heavy (non-hydrogen) atoms. The van der Waals surface area contributed by atoms with Gasteiger partial charge in [0.2, 0.25) is 0 Å². The normalized spacial score (nSPS) is 11.1. The van der Waals surface area contributed by atoms with Crippen molar-refractivity contribution in [1.82, 2.24) is 0 Å². The number of benzene rings is 2. The van der Waals surface area contributed by atoms with Gasteiger partial charge in [-0.15, -0.1) is 0 Å². The number of rotatable bonds is 1. The first-order valence-electron chi connectivity index (χ1n) is 5.30.